The Bertz CT molecular complexity index is 1480. The van der Waals surface area contributed by atoms with E-state index < -0.39 is 41.7 Å². The zero-order chi connectivity index (χ0) is 36.1. The number of fused-ring (bicyclic) bond motifs is 5. The lowest BCUT2D eigenvalue weighted by Crippen LogP contribution is -2.47. The number of benzene rings is 2. The van der Waals surface area contributed by atoms with Crippen molar-refractivity contribution >= 4 is 16.8 Å². The van der Waals surface area contributed by atoms with Crippen LogP contribution >= 0.6 is 0 Å². The summed E-state index contributed by atoms with van der Waals surface area (Å²) in [6, 6.07) is 12.3. The minimum Gasteiger partial charge on any atom is -0.507 e. The molecule has 2 aromatic carbocycles. The van der Waals surface area contributed by atoms with Crippen molar-refractivity contribution in [2.75, 3.05) is 11.5 Å². The normalized spacial score (nSPS) is 26.9. The van der Waals surface area contributed by atoms with Crippen molar-refractivity contribution in [2.24, 2.45) is 23.2 Å². The van der Waals surface area contributed by atoms with Crippen LogP contribution in [0.1, 0.15) is 124 Å². The molecule has 2 aromatic rings. The number of hydrogen-bond acceptors (Lipinski definition) is 5. The van der Waals surface area contributed by atoms with Gasteiger partial charge in [0, 0.05) is 28.7 Å². The van der Waals surface area contributed by atoms with Gasteiger partial charge < -0.3 is 14.9 Å². The van der Waals surface area contributed by atoms with Gasteiger partial charge >= 0.3 is 18.1 Å². The SMILES string of the molecule is C[C@]12CC[C@@H]3c4ccc(OC(=O)c5ccccc5O)cc4C[C@@H](CCCCCCCCCS(=O)CCCC(F)(F)C(F)(F)F)[C@H]3[C@@H]1CC[C@@H]2O. The first-order valence-electron chi connectivity index (χ1n) is 18.3. The predicted molar refractivity (Wildman–Crippen MR) is 184 cm³/mol. The molecule has 2 saturated carbocycles. The standard InChI is InChI=1S/C39H51F5O5S/c1-37-21-19-30-29-16-15-28(49-36(47)31-13-8-9-14-33(31)45)25-27(29)24-26(35(30)32(37)17-18-34(37)46)12-7-5-3-2-4-6-10-22-50(48)23-11-20-38(40,41)39(42,43)44/h8-9,13-16,25-26,30,32,34-35,45-46H,2-7,10-12,17-24H2,1H3/t26-,30-,32+,34+,35-,37+,50?/m1/s1. The lowest BCUT2D eigenvalue weighted by molar-refractivity contribution is -0.284. The first-order valence-corrected chi connectivity index (χ1v) is 19.8. The third kappa shape index (κ3) is 8.91. The van der Waals surface area contributed by atoms with Crippen molar-refractivity contribution in [3.8, 4) is 11.5 Å². The number of ether oxygens (including phenoxy) is 1. The van der Waals surface area contributed by atoms with Crippen LogP contribution in [0.2, 0.25) is 0 Å². The van der Waals surface area contributed by atoms with E-state index in [-0.39, 0.29) is 28.6 Å². The van der Waals surface area contributed by atoms with Gasteiger partial charge in [0.1, 0.15) is 17.1 Å². The molecule has 5 rings (SSSR count). The van der Waals surface area contributed by atoms with Crippen LogP contribution in [-0.4, -0.2) is 50.1 Å². The number of hydrogen-bond donors (Lipinski definition) is 2. The fraction of sp³-hybridized carbons (Fsp3) is 0.667. The van der Waals surface area contributed by atoms with E-state index in [9.17, 15) is 41.2 Å². The van der Waals surface area contributed by atoms with E-state index in [2.05, 4.69) is 13.0 Å². The molecule has 7 atom stereocenters. The number of para-hydroxylation sites is 1. The minimum absolute atomic E-state index is 0.0537. The molecule has 0 aliphatic heterocycles. The molecule has 0 heterocycles. The first-order chi connectivity index (χ1) is 23.7. The molecule has 5 nitrogen and oxygen atoms in total. The van der Waals surface area contributed by atoms with Crippen LogP contribution in [0.3, 0.4) is 0 Å². The largest absolute Gasteiger partial charge is 0.507 e. The van der Waals surface area contributed by atoms with Crippen LogP contribution in [0, 0.1) is 23.2 Å². The van der Waals surface area contributed by atoms with Gasteiger partial charge in [0.05, 0.1) is 6.10 Å². The number of phenolic OH excluding ortho intramolecular Hbond substituents is 1. The molecule has 0 bridgehead atoms. The molecule has 0 saturated heterocycles. The van der Waals surface area contributed by atoms with Crippen LogP contribution in [0.5, 0.6) is 11.5 Å². The number of phenols is 1. The molecule has 1 unspecified atom stereocenters. The lowest BCUT2D eigenvalue weighted by Gasteiger charge is -2.53. The molecule has 2 fully saturated rings. The summed E-state index contributed by atoms with van der Waals surface area (Å²) in [6.07, 6.45) is 5.10. The van der Waals surface area contributed by atoms with Gasteiger partial charge in [-0.3, -0.25) is 4.21 Å². The van der Waals surface area contributed by atoms with Gasteiger partial charge in [0.15, 0.2) is 0 Å². The third-order valence-corrected chi connectivity index (χ3v) is 13.4. The molecule has 0 amide bonds. The number of alkyl halides is 5. The Morgan fingerprint density at radius 1 is 0.920 bits per heavy atom. The Balaban J connectivity index is 1.10. The number of aliphatic hydroxyl groups excluding tert-OH is 1. The lowest BCUT2D eigenvalue weighted by atomic mass is 9.52. The summed E-state index contributed by atoms with van der Waals surface area (Å²) < 4.78 is 80.7. The predicted octanol–water partition coefficient (Wildman–Crippen LogP) is 9.90. The van der Waals surface area contributed by atoms with Gasteiger partial charge in [-0.1, -0.05) is 63.6 Å². The van der Waals surface area contributed by atoms with Crippen molar-refractivity contribution in [1.82, 2.24) is 0 Å². The maximum absolute atomic E-state index is 13.0. The number of halogens is 5. The van der Waals surface area contributed by atoms with Crippen molar-refractivity contribution < 1.29 is 45.9 Å². The Kier molecular flexibility index (Phi) is 12.7. The highest BCUT2D eigenvalue weighted by molar-refractivity contribution is 7.84. The van der Waals surface area contributed by atoms with E-state index in [0.29, 0.717) is 41.6 Å². The van der Waals surface area contributed by atoms with Crippen molar-refractivity contribution in [2.45, 2.75) is 127 Å². The van der Waals surface area contributed by atoms with E-state index >= 15 is 0 Å². The quantitative estimate of drug-likeness (QED) is 0.0779. The van der Waals surface area contributed by atoms with E-state index in [4.69, 9.17) is 4.74 Å². The van der Waals surface area contributed by atoms with Crippen LogP contribution in [0.25, 0.3) is 0 Å². The molecule has 50 heavy (non-hydrogen) atoms. The monoisotopic (exact) mass is 726 g/mol. The molecular formula is C39H51F5O5S. The maximum atomic E-state index is 13.0. The smallest absolute Gasteiger partial charge is 0.453 e. The van der Waals surface area contributed by atoms with Gasteiger partial charge in [-0.15, -0.1) is 0 Å². The number of carbonyl (C=O) groups is 1. The van der Waals surface area contributed by atoms with Crippen molar-refractivity contribution in [3.05, 3.63) is 59.2 Å². The molecule has 11 heteroatoms. The first kappa shape index (κ1) is 38.7. The molecule has 0 aromatic heterocycles. The molecular weight excluding hydrogens is 675 g/mol. The van der Waals surface area contributed by atoms with Crippen molar-refractivity contribution in [1.29, 1.82) is 0 Å². The number of aliphatic hydroxyl groups is 1. The zero-order valence-corrected chi connectivity index (χ0v) is 29.7. The second kappa shape index (κ2) is 16.4. The highest BCUT2D eigenvalue weighted by atomic mass is 32.2. The number of carbonyl (C=O) groups excluding carboxylic acids is 1. The van der Waals surface area contributed by atoms with Crippen molar-refractivity contribution in [3.63, 3.8) is 0 Å². The molecule has 278 valence electrons. The average molecular weight is 727 g/mol. The van der Waals surface area contributed by atoms with Gasteiger partial charge in [0.25, 0.3) is 0 Å². The summed E-state index contributed by atoms with van der Waals surface area (Å²) in [5.41, 5.74) is 2.61. The molecule has 0 radical (unpaired) electrons. The second-order valence-electron chi connectivity index (χ2n) is 15.1. The molecule has 2 N–H and O–H groups in total. The van der Waals surface area contributed by atoms with Gasteiger partial charge in [-0.05, 0) is 116 Å². The summed E-state index contributed by atoms with van der Waals surface area (Å²) >= 11 is 0. The van der Waals surface area contributed by atoms with E-state index in [0.717, 1.165) is 77.0 Å². The van der Waals surface area contributed by atoms with Gasteiger partial charge in [0.2, 0.25) is 0 Å². The highest BCUT2D eigenvalue weighted by Crippen LogP contribution is 2.62. The van der Waals surface area contributed by atoms with Crippen LogP contribution < -0.4 is 4.74 Å². The van der Waals surface area contributed by atoms with E-state index in [1.807, 2.05) is 12.1 Å². The van der Waals surface area contributed by atoms with Gasteiger partial charge in [-0.25, -0.2) is 4.79 Å². The number of rotatable bonds is 16. The van der Waals surface area contributed by atoms with Crippen LogP contribution in [0.15, 0.2) is 42.5 Å². The Labute approximate surface area is 294 Å². The van der Waals surface area contributed by atoms with Crippen LogP contribution in [-0.2, 0) is 17.2 Å². The summed E-state index contributed by atoms with van der Waals surface area (Å²) in [5, 5.41) is 21.1. The average Bonchev–Trinajstić information content (AvgIpc) is 3.36. The highest BCUT2D eigenvalue weighted by Gasteiger charge is 2.57. The fourth-order valence-electron chi connectivity index (χ4n) is 9.15. The fourth-order valence-corrected chi connectivity index (χ4v) is 10.3. The minimum atomic E-state index is -5.56. The summed E-state index contributed by atoms with van der Waals surface area (Å²) in [6.45, 7) is 2.28. The molecule has 3 aliphatic carbocycles. The maximum Gasteiger partial charge on any atom is 0.453 e. The Morgan fingerprint density at radius 2 is 1.60 bits per heavy atom. The number of aromatic hydroxyl groups is 1. The third-order valence-electron chi connectivity index (χ3n) is 11.9. The van der Waals surface area contributed by atoms with Crippen LogP contribution in [0.4, 0.5) is 22.0 Å². The summed E-state index contributed by atoms with van der Waals surface area (Å²) in [4.78, 5) is 12.8. The molecule has 3 aliphatic rings. The summed E-state index contributed by atoms with van der Waals surface area (Å²) in [5.74, 6) is -2.96. The summed E-state index contributed by atoms with van der Waals surface area (Å²) in [7, 11) is -1.39. The topological polar surface area (TPSA) is 83.8 Å². The zero-order valence-electron chi connectivity index (χ0n) is 28.9. The number of unbranched alkanes of at least 4 members (excludes halogenated alkanes) is 6. The van der Waals surface area contributed by atoms with E-state index in [1.54, 1.807) is 12.1 Å². The molecule has 0 spiro atoms. The van der Waals surface area contributed by atoms with E-state index in [1.165, 1.54) is 23.3 Å². The Hall–Kier alpha value is -2.53. The Morgan fingerprint density at radius 3 is 2.32 bits per heavy atom. The van der Waals surface area contributed by atoms with Gasteiger partial charge in [-0.2, -0.15) is 22.0 Å². The number of esters is 1. The second-order valence-corrected chi connectivity index (χ2v) is 16.8.